The molecule has 146 valence electrons. The average molecular weight is 341 g/mol. The zero-order valence-corrected chi connectivity index (χ0v) is 17.4. The molecule has 0 aliphatic heterocycles. The minimum atomic E-state index is -0.421. The first-order valence-corrected chi connectivity index (χ1v) is 11.3. The van der Waals surface area contributed by atoms with Crippen LogP contribution in [0, 0.1) is 0 Å². The van der Waals surface area contributed by atoms with E-state index >= 15 is 0 Å². The molecule has 0 aromatic carbocycles. The molecule has 0 radical (unpaired) electrons. The van der Waals surface area contributed by atoms with Gasteiger partial charge >= 0.3 is 0 Å². The van der Waals surface area contributed by atoms with Gasteiger partial charge < -0.3 is 5.11 Å². The van der Waals surface area contributed by atoms with Crippen LogP contribution in [-0.4, -0.2) is 10.7 Å². The molecular formula is C23H48O. The molecule has 1 unspecified atom stereocenters. The molecule has 0 aliphatic rings. The lowest BCUT2D eigenvalue weighted by Gasteiger charge is -2.20. The molecule has 0 bridgehead atoms. The van der Waals surface area contributed by atoms with Crippen LogP contribution in [0.15, 0.2) is 0 Å². The monoisotopic (exact) mass is 340 g/mol. The fourth-order valence-corrected chi connectivity index (χ4v) is 3.41. The maximum atomic E-state index is 9.95. The third-order valence-electron chi connectivity index (χ3n) is 5.58. The number of aliphatic hydroxyl groups is 1. The second-order valence-electron chi connectivity index (χ2n) is 8.26. The number of rotatable bonds is 19. The molecular weight excluding hydrogens is 292 g/mol. The standard InChI is InChI=1S/C23H48O/c1-4-6-7-8-9-10-11-12-13-14-15-16-17-18-19-20-21-22-23(3,24)5-2/h24H,4-22H2,1-3H3. The Morgan fingerprint density at radius 2 is 0.792 bits per heavy atom. The summed E-state index contributed by atoms with van der Waals surface area (Å²) in [5, 5.41) is 9.95. The first-order valence-electron chi connectivity index (χ1n) is 11.3. The van der Waals surface area contributed by atoms with Gasteiger partial charge in [-0.3, -0.25) is 0 Å². The largest absolute Gasteiger partial charge is 0.390 e. The SMILES string of the molecule is CCCCCCCCCCCCCCCCCCCC(C)(O)CC. The molecule has 0 aromatic heterocycles. The number of hydrogen-bond acceptors (Lipinski definition) is 1. The van der Waals surface area contributed by atoms with Crippen LogP contribution in [0.3, 0.4) is 0 Å². The van der Waals surface area contributed by atoms with Crippen molar-refractivity contribution < 1.29 is 5.11 Å². The lowest BCUT2D eigenvalue weighted by atomic mass is 9.95. The van der Waals surface area contributed by atoms with Crippen LogP contribution in [-0.2, 0) is 0 Å². The van der Waals surface area contributed by atoms with Gasteiger partial charge in [-0.05, 0) is 19.8 Å². The van der Waals surface area contributed by atoms with Gasteiger partial charge in [0.05, 0.1) is 5.60 Å². The van der Waals surface area contributed by atoms with Crippen molar-refractivity contribution in [2.45, 2.75) is 148 Å². The van der Waals surface area contributed by atoms with Crippen molar-refractivity contribution in [3.05, 3.63) is 0 Å². The average Bonchev–Trinajstić information content (AvgIpc) is 2.57. The molecule has 0 heterocycles. The molecule has 1 nitrogen and oxygen atoms in total. The topological polar surface area (TPSA) is 20.2 Å². The van der Waals surface area contributed by atoms with Gasteiger partial charge in [0.1, 0.15) is 0 Å². The molecule has 0 amide bonds. The van der Waals surface area contributed by atoms with E-state index in [-0.39, 0.29) is 0 Å². The van der Waals surface area contributed by atoms with Gasteiger partial charge in [-0.15, -0.1) is 0 Å². The van der Waals surface area contributed by atoms with Gasteiger partial charge in [0.25, 0.3) is 0 Å². The molecule has 0 aromatic rings. The normalized spacial score (nSPS) is 14.0. The van der Waals surface area contributed by atoms with Gasteiger partial charge in [0.2, 0.25) is 0 Å². The summed E-state index contributed by atoms with van der Waals surface area (Å²) in [6, 6.07) is 0. The van der Waals surface area contributed by atoms with Gasteiger partial charge in [0.15, 0.2) is 0 Å². The molecule has 1 atom stereocenters. The highest BCUT2D eigenvalue weighted by molar-refractivity contribution is 4.69. The van der Waals surface area contributed by atoms with E-state index < -0.39 is 5.60 Å². The van der Waals surface area contributed by atoms with Crippen molar-refractivity contribution in [2.24, 2.45) is 0 Å². The minimum Gasteiger partial charge on any atom is -0.390 e. The second kappa shape index (κ2) is 17.8. The molecule has 0 aliphatic carbocycles. The van der Waals surface area contributed by atoms with E-state index in [1.807, 2.05) is 6.92 Å². The van der Waals surface area contributed by atoms with Crippen LogP contribution >= 0.6 is 0 Å². The Kier molecular flexibility index (Phi) is 17.7. The summed E-state index contributed by atoms with van der Waals surface area (Å²) in [6.07, 6.45) is 25.9. The summed E-state index contributed by atoms with van der Waals surface area (Å²) in [4.78, 5) is 0. The zero-order valence-electron chi connectivity index (χ0n) is 17.4. The Labute approximate surface area is 154 Å². The third-order valence-corrected chi connectivity index (χ3v) is 5.58. The molecule has 24 heavy (non-hydrogen) atoms. The summed E-state index contributed by atoms with van der Waals surface area (Å²) in [5.74, 6) is 0. The third kappa shape index (κ3) is 18.3. The summed E-state index contributed by atoms with van der Waals surface area (Å²) in [7, 11) is 0. The van der Waals surface area contributed by atoms with Crippen LogP contribution in [0.1, 0.15) is 143 Å². The minimum absolute atomic E-state index is 0.421. The molecule has 0 saturated carbocycles. The first-order chi connectivity index (χ1) is 11.6. The van der Waals surface area contributed by atoms with E-state index in [4.69, 9.17) is 0 Å². The van der Waals surface area contributed by atoms with Crippen molar-refractivity contribution in [2.75, 3.05) is 0 Å². The fraction of sp³-hybridized carbons (Fsp3) is 1.00. The predicted octanol–water partition coefficient (Wildman–Crippen LogP) is 8.19. The quantitative estimate of drug-likeness (QED) is 0.235. The smallest absolute Gasteiger partial charge is 0.0617 e. The Bertz CT molecular complexity index is 234. The van der Waals surface area contributed by atoms with Gasteiger partial charge in [-0.2, -0.15) is 0 Å². The van der Waals surface area contributed by atoms with Crippen LogP contribution in [0.4, 0.5) is 0 Å². The van der Waals surface area contributed by atoms with Crippen LogP contribution in [0.2, 0.25) is 0 Å². The Morgan fingerprint density at radius 1 is 0.500 bits per heavy atom. The lowest BCUT2D eigenvalue weighted by Crippen LogP contribution is -2.22. The van der Waals surface area contributed by atoms with Gasteiger partial charge in [-0.1, -0.05) is 123 Å². The van der Waals surface area contributed by atoms with Gasteiger partial charge in [-0.25, -0.2) is 0 Å². The highest BCUT2D eigenvalue weighted by Gasteiger charge is 2.15. The number of unbranched alkanes of at least 4 members (excludes halogenated alkanes) is 16. The first kappa shape index (κ1) is 24.0. The Hall–Kier alpha value is -0.0400. The van der Waals surface area contributed by atoms with Gasteiger partial charge in [0, 0.05) is 0 Å². The predicted molar refractivity (Wildman–Crippen MR) is 110 cm³/mol. The molecule has 0 saturated heterocycles. The molecule has 1 heteroatoms. The fourth-order valence-electron chi connectivity index (χ4n) is 3.41. The number of hydrogen-bond donors (Lipinski definition) is 1. The Morgan fingerprint density at radius 3 is 1.08 bits per heavy atom. The van der Waals surface area contributed by atoms with Crippen molar-refractivity contribution >= 4 is 0 Å². The van der Waals surface area contributed by atoms with E-state index in [0.29, 0.717) is 0 Å². The van der Waals surface area contributed by atoms with Crippen molar-refractivity contribution in [1.29, 1.82) is 0 Å². The van der Waals surface area contributed by atoms with E-state index in [2.05, 4.69) is 13.8 Å². The zero-order chi connectivity index (χ0) is 17.9. The van der Waals surface area contributed by atoms with E-state index in [0.717, 1.165) is 12.8 Å². The molecule has 0 spiro atoms. The van der Waals surface area contributed by atoms with Crippen molar-refractivity contribution in [3.63, 3.8) is 0 Å². The van der Waals surface area contributed by atoms with Crippen LogP contribution in [0.25, 0.3) is 0 Å². The highest BCUT2D eigenvalue weighted by Crippen LogP contribution is 2.19. The Balaban J connectivity index is 3.05. The molecule has 0 rings (SSSR count). The van der Waals surface area contributed by atoms with Crippen LogP contribution < -0.4 is 0 Å². The van der Waals surface area contributed by atoms with Crippen LogP contribution in [0.5, 0.6) is 0 Å². The maximum absolute atomic E-state index is 9.95. The highest BCUT2D eigenvalue weighted by atomic mass is 16.3. The lowest BCUT2D eigenvalue weighted by molar-refractivity contribution is 0.0442. The van der Waals surface area contributed by atoms with E-state index in [1.54, 1.807) is 0 Å². The molecule has 0 fully saturated rings. The van der Waals surface area contributed by atoms with Crippen molar-refractivity contribution in [3.8, 4) is 0 Å². The summed E-state index contributed by atoms with van der Waals surface area (Å²) in [6.45, 7) is 6.34. The van der Waals surface area contributed by atoms with E-state index in [9.17, 15) is 5.11 Å². The van der Waals surface area contributed by atoms with Crippen molar-refractivity contribution in [1.82, 2.24) is 0 Å². The maximum Gasteiger partial charge on any atom is 0.0617 e. The summed E-state index contributed by atoms with van der Waals surface area (Å²) < 4.78 is 0. The summed E-state index contributed by atoms with van der Waals surface area (Å²) >= 11 is 0. The molecule has 1 N–H and O–H groups in total. The summed E-state index contributed by atoms with van der Waals surface area (Å²) in [5.41, 5.74) is -0.421. The van der Waals surface area contributed by atoms with E-state index in [1.165, 1.54) is 109 Å². The second-order valence-corrected chi connectivity index (χ2v) is 8.26.